The van der Waals surface area contributed by atoms with Gasteiger partial charge in [0.2, 0.25) is 11.8 Å². The summed E-state index contributed by atoms with van der Waals surface area (Å²) in [6.07, 6.45) is 0. The summed E-state index contributed by atoms with van der Waals surface area (Å²) in [5.74, 6) is -0.482. The molecule has 1 N–H and O–H groups in total. The molecule has 4 heteroatoms. The number of imide groups is 1. The van der Waals surface area contributed by atoms with Gasteiger partial charge in [0.05, 0.1) is 13.1 Å². The van der Waals surface area contributed by atoms with Gasteiger partial charge in [-0.3, -0.25) is 14.9 Å². The molecule has 1 heterocycles. The van der Waals surface area contributed by atoms with Crippen LogP contribution in [0.15, 0.2) is 18.2 Å². The molecule has 2 amide bonds. The number of hydrogen-bond acceptors (Lipinski definition) is 3. The lowest BCUT2D eigenvalue weighted by Gasteiger charge is -2.27. The minimum absolute atomic E-state index is 0.241. The van der Waals surface area contributed by atoms with E-state index in [2.05, 4.69) is 5.32 Å². The highest BCUT2D eigenvalue weighted by molar-refractivity contribution is 6.02. The molecule has 1 saturated heterocycles. The molecule has 1 fully saturated rings. The summed E-state index contributed by atoms with van der Waals surface area (Å²) in [4.78, 5) is 24.3. The third-order valence-electron chi connectivity index (χ3n) is 2.80. The zero-order valence-electron chi connectivity index (χ0n) is 9.41. The number of nitrogens with zero attached hydrogens (tertiary/aromatic N) is 1. The van der Waals surface area contributed by atoms with Crippen molar-refractivity contribution in [1.29, 1.82) is 0 Å². The Morgan fingerprint density at radius 2 is 1.69 bits per heavy atom. The van der Waals surface area contributed by atoms with Crippen LogP contribution in [0.2, 0.25) is 0 Å². The van der Waals surface area contributed by atoms with Gasteiger partial charge in [-0.05, 0) is 37.1 Å². The molecule has 4 nitrogen and oxygen atoms in total. The van der Waals surface area contributed by atoms with Crippen molar-refractivity contribution in [3.63, 3.8) is 0 Å². The van der Waals surface area contributed by atoms with Crippen molar-refractivity contribution in [3.8, 4) is 0 Å². The van der Waals surface area contributed by atoms with E-state index in [0.717, 1.165) is 11.3 Å². The van der Waals surface area contributed by atoms with Gasteiger partial charge in [0.25, 0.3) is 0 Å². The minimum Gasteiger partial charge on any atom is -0.353 e. The SMILES string of the molecule is Cc1ccc(N2CC(=O)NC(=O)C2)cc1C. The van der Waals surface area contributed by atoms with Gasteiger partial charge in [-0.25, -0.2) is 0 Å². The Balaban J connectivity index is 2.26. The van der Waals surface area contributed by atoms with Crippen LogP contribution in [0.1, 0.15) is 11.1 Å². The van der Waals surface area contributed by atoms with Crippen molar-refractivity contribution in [2.75, 3.05) is 18.0 Å². The van der Waals surface area contributed by atoms with Gasteiger partial charge in [-0.2, -0.15) is 0 Å². The van der Waals surface area contributed by atoms with Crippen molar-refractivity contribution in [2.45, 2.75) is 13.8 Å². The number of carbonyl (C=O) groups is 2. The first-order valence-electron chi connectivity index (χ1n) is 5.21. The van der Waals surface area contributed by atoms with E-state index in [0.29, 0.717) is 0 Å². The Morgan fingerprint density at radius 3 is 2.25 bits per heavy atom. The number of anilines is 1. The van der Waals surface area contributed by atoms with Crippen LogP contribution in [-0.2, 0) is 9.59 Å². The van der Waals surface area contributed by atoms with Gasteiger partial charge in [0, 0.05) is 5.69 Å². The van der Waals surface area contributed by atoms with Gasteiger partial charge in [0.1, 0.15) is 0 Å². The molecule has 1 aromatic rings. The summed E-state index contributed by atoms with van der Waals surface area (Å²) >= 11 is 0. The second-order valence-corrected chi connectivity index (χ2v) is 4.10. The summed E-state index contributed by atoms with van der Waals surface area (Å²) in [5, 5.41) is 2.29. The van der Waals surface area contributed by atoms with Crippen LogP contribution in [0.3, 0.4) is 0 Å². The summed E-state index contributed by atoms with van der Waals surface area (Å²) in [6, 6.07) is 5.94. The lowest BCUT2D eigenvalue weighted by molar-refractivity contribution is -0.130. The fourth-order valence-electron chi connectivity index (χ4n) is 1.74. The molecule has 1 aliphatic rings. The maximum Gasteiger partial charge on any atom is 0.246 e. The fraction of sp³-hybridized carbons (Fsp3) is 0.333. The second-order valence-electron chi connectivity index (χ2n) is 4.10. The number of piperazine rings is 1. The van der Waals surface area contributed by atoms with Crippen molar-refractivity contribution >= 4 is 17.5 Å². The predicted molar refractivity (Wildman–Crippen MR) is 61.3 cm³/mol. The lowest BCUT2D eigenvalue weighted by atomic mass is 10.1. The number of rotatable bonds is 1. The van der Waals surface area contributed by atoms with E-state index in [4.69, 9.17) is 0 Å². The van der Waals surface area contributed by atoms with Crippen LogP contribution in [-0.4, -0.2) is 24.9 Å². The maximum atomic E-state index is 11.2. The molecular formula is C12H14N2O2. The topological polar surface area (TPSA) is 49.4 Å². The van der Waals surface area contributed by atoms with E-state index in [9.17, 15) is 9.59 Å². The molecule has 84 valence electrons. The Morgan fingerprint density at radius 1 is 1.06 bits per heavy atom. The van der Waals surface area contributed by atoms with E-state index in [-0.39, 0.29) is 24.9 Å². The van der Waals surface area contributed by atoms with E-state index in [1.807, 2.05) is 32.0 Å². The van der Waals surface area contributed by atoms with Crippen molar-refractivity contribution < 1.29 is 9.59 Å². The first-order valence-corrected chi connectivity index (χ1v) is 5.21. The Kier molecular flexibility index (Phi) is 2.64. The van der Waals surface area contributed by atoms with Crippen molar-refractivity contribution in [2.24, 2.45) is 0 Å². The Bertz CT molecular complexity index is 438. The zero-order valence-corrected chi connectivity index (χ0v) is 9.41. The van der Waals surface area contributed by atoms with E-state index in [1.54, 1.807) is 4.90 Å². The van der Waals surface area contributed by atoms with Gasteiger partial charge in [0.15, 0.2) is 0 Å². The van der Waals surface area contributed by atoms with Crippen LogP contribution in [0, 0.1) is 13.8 Å². The van der Waals surface area contributed by atoms with Gasteiger partial charge >= 0.3 is 0 Å². The molecule has 0 radical (unpaired) electrons. The average Bonchev–Trinajstić information content (AvgIpc) is 2.20. The van der Waals surface area contributed by atoms with Crippen molar-refractivity contribution in [3.05, 3.63) is 29.3 Å². The lowest BCUT2D eigenvalue weighted by Crippen LogP contribution is -2.51. The summed E-state index contributed by atoms with van der Waals surface area (Å²) in [5.41, 5.74) is 3.29. The quantitative estimate of drug-likeness (QED) is 0.708. The van der Waals surface area contributed by atoms with Crippen molar-refractivity contribution in [1.82, 2.24) is 5.32 Å². The number of hydrogen-bond donors (Lipinski definition) is 1. The van der Waals surface area contributed by atoms with Gasteiger partial charge in [-0.15, -0.1) is 0 Å². The minimum atomic E-state index is -0.241. The first-order chi connectivity index (χ1) is 7.56. The normalized spacial score (nSPS) is 16.2. The van der Waals surface area contributed by atoms with Crippen LogP contribution in [0.25, 0.3) is 0 Å². The number of aryl methyl sites for hydroxylation is 2. The maximum absolute atomic E-state index is 11.2. The number of benzene rings is 1. The second kappa shape index (κ2) is 3.96. The molecule has 0 unspecified atom stereocenters. The Hall–Kier alpha value is -1.84. The molecule has 0 atom stereocenters. The van der Waals surface area contributed by atoms with Crippen LogP contribution in [0.5, 0.6) is 0 Å². The van der Waals surface area contributed by atoms with Crippen LogP contribution < -0.4 is 10.2 Å². The molecule has 0 aliphatic carbocycles. The van der Waals surface area contributed by atoms with E-state index in [1.165, 1.54) is 5.56 Å². The molecule has 0 bridgehead atoms. The first kappa shape index (κ1) is 10.7. The zero-order chi connectivity index (χ0) is 11.7. The highest BCUT2D eigenvalue weighted by Gasteiger charge is 2.22. The summed E-state index contributed by atoms with van der Waals surface area (Å²) < 4.78 is 0. The highest BCUT2D eigenvalue weighted by atomic mass is 16.2. The van der Waals surface area contributed by atoms with Crippen LogP contribution in [0.4, 0.5) is 5.69 Å². The van der Waals surface area contributed by atoms with E-state index >= 15 is 0 Å². The average molecular weight is 218 g/mol. The summed E-state index contributed by atoms with van der Waals surface area (Å²) in [6.45, 7) is 4.54. The monoisotopic (exact) mass is 218 g/mol. The predicted octanol–water partition coefficient (Wildman–Crippen LogP) is 0.766. The van der Waals surface area contributed by atoms with Gasteiger partial charge in [-0.1, -0.05) is 6.07 Å². The van der Waals surface area contributed by atoms with Gasteiger partial charge < -0.3 is 4.90 Å². The molecule has 2 rings (SSSR count). The smallest absolute Gasteiger partial charge is 0.246 e. The third kappa shape index (κ3) is 2.05. The molecule has 0 aromatic heterocycles. The number of carbonyl (C=O) groups excluding carboxylic acids is 2. The van der Waals surface area contributed by atoms with E-state index < -0.39 is 0 Å². The largest absolute Gasteiger partial charge is 0.353 e. The fourth-order valence-corrected chi connectivity index (χ4v) is 1.74. The summed E-state index contributed by atoms with van der Waals surface area (Å²) in [7, 11) is 0. The standard InChI is InChI=1S/C12H14N2O2/c1-8-3-4-10(5-9(8)2)14-6-11(15)13-12(16)7-14/h3-5H,6-7H2,1-2H3,(H,13,15,16). The highest BCUT2D eigenvalue weighted by Crippen LogP contribution is 2.19. The Labute approximate surface area is 94.2 Å². The molecule has 16 heavy (non-hydrogen) atoms. The molecular weight excluding hydrogens is 204 g/mol. The number of amides is 2. The molecule has 1 aliphatic heterocycles. The molecule has 0 saturated carbocycles. The third-order valence-corrected chi connectivity index (χ3v) is 2.80. The molecule has 0 spiro atoms. The number of nitrogens with one attached hydrogen (secondary N) is 1. The van der Waals surface area contributed by atoms with Crippen LogP contribution >= 0.6 is 0 Å². The molecule has 1 aromatic carbocycles.